The SMILES string of the molecule is CCOC1CCc2cccc(OC)c2O1. The summed E-state index contributed by atoms with van der Waals surface area (Å²) in [6.07, 6.45) is 1.77. The molecule has 0 saturated carbocycles. The Morgan fingerprint density at radius 3 is 3.07 bits per heavy atom. The molecule has 15 heavy (non-hydrogen) atoms. The van der Waals surface area contributed by atoms with Gasteiger partial charge in [0.2, 0.25) is 0 Å². The van der Waals surface area contributed by atoms with E-state index < -0.39 is 0 Å². The first-order valence-corrected chi connectivity index (χ1v) is 5.29. The van der Waals surface area contributed by atoms with Gasteiger partial charge in [-0.2, -0.15) is 0 Å². The second kappa shape index (κ2) is 4.53. The predicted octanol–water partition coefficient (Wildman–Crippen LogP) is 2.38. The normalized spacial score (nSPS) is 19.2. The zero-order chi connectivity index (χ0) is 10.7. The van der Waals surface area contributed by atoms with Gasteiger partial charge in [-0.3, -0.25) is 0 Å². The van der Waals surface area contributed by atoms with Crippen LogP contribution < -0.4 is 9.47 Å². The van der Waals surface area contributed by atoms with Crippen LogP contribution in [0.4, 0.5) is 0 Å². The van der Waals surface area contributed by atoms with E-state index in [0.29, 0.717) is 6.61 Å². The minimum atomic E-state index is -0.126. The van der Waals surface area contributed by atoms with Crippen molar-refractivity contribution in [2.75, 3.05) is 13.7 Å². The van der Waals surface area contributed by atoms with E-state index in [0.717, 1.165) is 24.3 Å². The van der Waals surface area contributed by atoms with Gasteiger partial charge >= 0.3 is 0 Å². The van der Waals surface area contributed by atoms with Gasteiger partial charge in [0.25, 0.3) is 0 Å². The van der Waals surface area contributed by atoms with Crippen LogP contribution >= 0.6 is 0 Å². The van der Waals surface area contributed by atoms with Crippen LogP contribution in [0.2, 0.25) is 0 Å². The van der Waals surface area contributed by atoms with E-state index >= 15 is 0 Å². The highest BCUT2D eigenvalue weighted by Gasteiger charge is 2.22. The highest BCUT2D eigenvalue weighted by molar-refractivity contribution is 5.47. The van der Waals surface area contributed by atoms with Crippen molar-refractivity contribution in [1.82, 2.24) is 0 Å². The van der Waals surface area contributed by atoms with Crippen molar-refractivity contribution in [2.45, 2.75) is 26.1 Å². The van der Waals surface area contributed by atoms with Crippen LogP contribution in [0.1, 0.15) is 18.9 Å². The quantitative estimate of drug-likeness (QED) is 0.763. The van der Waals surface area contributed by atoms with Crippen LogP contribution in [0, 0.1) is 0 Å². The van der Waals surface area contributed by atoms with Crippen LogP contribution in [0.3, 0.4) is 0 Å². The summed E-state index contributed by atoms with van der Waals surface area (Å²) in [5.74, 6) is 1.63. The highest BCUT2D eigenvalue weighted by atomic mass is 16.7. The molecule has 1 aliphatic rings. The van der Waals surface area contributed by atoms with Gasteiger partial charge in [-0.1, -0.05) is 12.1 Å². The van der Waals surface area contributed by atoms with Crippen LogP contribution in [0.5, 0.6) is 11.5 Å². The van der Waals surface area contributed by atoms with Gasteiger partial charge in [0.15, 0.2) is 17.8 Å². The molecule has 0 saturated heterocycles. The highest BCUT2D eigenvalue weighted by Crippen LogP contribution is 2.36. The average molecular weight is 208 g/mol. The van der Waals surface area contributed by atoms with Crippen molar-refractivity contribution in [1.29, 1.82) is 0 Å². The first-order valence-electron chi connectivity index (χ1n) is 5.29. The van der Waals surface area contributed by atoms with Gasteiger partial charge in [-0.15, -0.1) is 0 Å². The molecule has 1 heterocycles. The van der Waals surface area contributed by atoms with Crippen LogP contribution in [-0.4, -0.2) is 20.0 Å². The van der Waals surface area contributed by atoms with Crippen molar-refractivity contribution in [2.24, 2.45) is 0 Å². The van der Waals surface area contributed by atoms with Crippen molar-refractivity contribution in [3.63, 3.8) is 0 Å². The second-order valence-electron chi connectivity index (χ2n) is 3.49. The van der Waals surface area contributed by atoms with Crippen LogP contribution in [0.25, 0.3) is 0 Å². The summed E-state index contributed by atoms with van der Waals surface area (Å²) in [4.78, 5) is 0. The maximum atomic E-state index is 5.75. The topological polar surface area (TPSA) is 27.7 Å². The fourth-order valence-corrected chi connectivity index (χ4v) is 1.82. The van der Waals surface area contributed by atoms with E-state index in [2.05, 4.69) is 6.07 Å². The monoisotopic (exact) mass is 208 g/mol. The number of methoxy groups -OCH3 is 1. The third kappa shape index (κ3) is 2.07. The lowest BCUT2D eigenvalue weighted by Gasteiger charge is -2.26. The first kappa shape index (κ1) is 10.3. The fourth-order valence-electron chi connectivity index (χ4n) is 1.82. The Labute approximate surface area is 90.0 Å². The minimum absolute atomic E-state index is 0.126. The summed E-state index contributed by atoms with van der Waals surface area (Å²) in [5, 5.41) is 0. The molecule has 2 rings (SSSR count). The molecule has 1 aliphatic heterocycles. The molecule has 0 spiro atoms. The number of rotatable bonds is 3. The Morgan fingerprint density at radius 1 is 1.47 bits per heavy atom. The molecule has 0 aromatic heterocycles. The molecule has 0 aliphatic carbocycles. The zero-order valence-corrected chi connectivity index (χ0v) is 9.16. The molecule has 0 bridgehead atoms. The van der Waals surface area contributed by atoms with Gasteiger partial charge in [-0.05, 0) is 25.0 Å². The van der Waals surface area contributed by atoms with Gasteiger partial charge in [-0.25, -0.2) is 0 Å². The van der Waals surface area contributed by atoms with E-state index in [1.165, 1.54) is 5.56 Å². The third-order valence-electron chi connectivity index (χ3n) is 2.53. The summed E-state index contributed by atoms with van der Waals surface area (Å²) in [7, 11) is 1.66. The lowest BCUT2D eigenvalue weighted by atomic mass is 10.1. The molecule has 0 N–H and O–H groups in total. The van der Waals surface area contributed by atoms with Gasteiger partial charge in [0.1, 0.15) is 0 Å². The summed E-state index contributed by atoms with van der Waals surface area (Å²) in [6.45, 7) is 2.65. The fraction of sp³-hybridized carbons (Fsp3) is 0.500. The second-order valence-corrected chi connectivity index (χ2v) is 3.49. The van der Waals surface area contributed by atoms with Crippen molar-refractivity contribution >= 4 is 0 Å². The van der Waals surface area contributed by atoms with E-state index in [1.807, 2.05) is 19.1 Å². The van der Waals surface area contributed by atoms with Gasteiger partial charge in [0, 0.05) is 13.0 Å². The standard InChI is InChI=1S/C12H16O3/c1-3-14-11-8-7-9-5-4-6-10(13-2)12(9)15-11/h4-6,11H,3,7-8H2,1-2H3. The van der Waals surface area contributed by atoms with Crippen molar-refractivity contribution in [3.8, 4) is 11.5 Å². The molecule has 1 atom stereocenters. The van der Waals surface area contributed by atoms with E-state index in [1.54, 1.807) is 7.11 Å². The largest absolute Gasteiger partial charge is 0.493 e. The molecule has 1 aromatic rings. The predicted molar refractivity (Wildman–Crippen MR) is 57.4 cm³/mol. The molecule has 82 valence electrons. The summed E-state index contributed by atoms with van der Waals surface area (Å²) in [6, 6.07) is 5.97. The smallest absolute Gasteiger partial charge is 0.200 e. The maximum absolute atomic E-state index is 5.75. The Morgan fingerprint density at radius 2 is 2.33 bits per heavy atom. The minimum Gasteiger partial charge on any atom is -0.493 e. The number of para-hydroxylation sites is 1. The molecular formula is C12H16O3. The Balaban J connectivity index is 2.22. The summed E-state index contributed by atoms with van der Waals surface area (Å²) < 4.78 is 16.5. The molecule has 0 amide bonds. The van der Waals surface area contributed by atoms with E-state index in [4.69, 9.17) is 14.2 Å². The maximum Gasteiger partial charge on any atom is 0.200 e. The zero-order valence-electron chi connectivity index (χ0n) is 9.16. The van der Waals surface area contributed by atoms with Crippen LogP contribution in [0.15, 0.2) is 18.2 Å². The molecule has 1 aromatic carbocycles. The van der Waals surface area contributed by atoms with Crippen molar-refractivity contribution < 1.29 is 14.2 Å². The molecule has 3 nitrogen and oxygen atoms in total. The average Bonchev–Trinajstić information content (AvgIpc) is 2.28. The van der Waals surface area contributed by atoms with Crippen molar-refractivity contribution in [3.05, 3.63) is 23.8 Å². The summed E-state index contributed by atoms with van der Waals surface area (Å²) >= 11 is 0. The Kier molecular flexibility index (Phi) is 3.11. The Hall–Kier alpha value is -1.22. The van der Waals surface area contributed by atoms with E-state index in [-0.39, 0.29) is 6.29 Å². The third-order valence-corrected chi connectivity index (χ3v) is 2.53. The first-order chi connectivity index (χ1) is 7.35. The van der Waals surface area contributed by atoms with Crippen LogP contribution in [-0.2, 0) is 11.2 Å². The van der Waals surface area contributed by atoms with Gasteiger partial charge < -0.3 is 14.2 Å². The molecular weight excluding hydrogens is 192 g/mol. The van der Waals surface area contributed by atoms with E-state index in [9.17, 15) is 0 Å². The number of benzene rings is 1. The lowest BCUT2D eigenvalue weighted by molar-refractivity contribution is -0.0871. The number of fused-ring (bicyclic) bond motifs is 1. The summed E-state index contributed by atoms with van der Waals surface area (Å²) in [5.41, 5.74) is 1.20. The number of ether oxygens (including phenoxy) is 3. The number of hydrogen-bond donors (Lipinski definition) is 0. The molecule has 0 radical (unpaired) electrons. The Bertz CT molecular complexity index is 321. The van der Waals surface area contributed by atoms with Gasteiger partial charge in [0.05, 0.1) is 7.11 Å². The molecule has 0 fully saturated rings. The number of hydrogen-bond acceptors (Lipinski definition) is 3. The molecule has 1 unspecified atom stereocenters. The number of aryl methyl sites for hydroxylation is 1. The lowest BCUT2D eigenvalue weighted by Crippen LogP contribution is -2.25. The molecule has 3 heteroatoms.